The third kappa shape index (κ3) is 7.69. The summed E-state index contributed by atoms with van der Waals surface area (Å²) in [4.78, 5) is 2.40. The summed E-state index contributed by atoms with van der Waals surface area (Å²) in [7, 11) is 0. The van der Waals surface area contributed by atoms with Gasteiger partial charge in [0, 0.05) is 55.3 Å². The fraction of sp³-hybridized carbons (Fsp3) is 0.100. The fourth-order valence-electron chi connectivity index (χ4n) is 5.16. The first-order valence-corrected chi connectivity index (χ1v) is 16.0. The van der Waals surface area contributed by atoms with Crippen LogP contribution in [-0.4, -0.2) is 0 Å². The molecule has 45 heavy (non-hydrogen) atoms. The molecular formula is C40H38N4S. The highest BCUT2D eigenvalue weighted by atomic mass is 32.2. The Bertz CT molecular complexity index is 1770. The topological polar surface area (TPSA) is 48.1 Å². The van der Waals surface area contributed by atoms with Gasteiger partial charge in [-0.25, -0.2) is 0 Å². The second-order valence-corrected chi connectivity index (χ2v) is 12.5. The van der Waals surface area contributed by atoms with E-state index in [1.807, 2.05) is 0 Å². The lowest BCUT2D eigenvalue weighted by molar-refractivity contribution is 1.37. The molecule has 6 aromatic rings. The lowest BCUT2D eigenvalue weighted by atomic mass is 10.1. The average Bonchev–Trinajstić information content (AvgIpc) is 3.04. The molecule has 0 fully saturated rings. The summed E-state index contributed by atoms with van der Waals surface area (Å²) in [6.07, 6.45) is 0. The van der Waals surface area contributed by atoms with Crippen LogP contribution in [0.3, 0.4) is 0 Å². The van der Waals surface area contributed by atoms with Gasteiger partial charge in [-0.2, -0.15) is 0 Å². The van der Waals surface area contributed by atoms with Crippen LogP contribution in [0.25, 0.3) is 0 Å². The number of benzene rings is 6. The highest BCUT2D eigenvalue weighted by Gasteiger charge is 2.06. The van der Waals surface area contributed by atoms with E-state index in [0.29, 0.717) is 0 Å². The first-order valence-electron chi connectivity index (χ1n) is 15.2. The molecule has 0 saturated heterocycles. The first kappa shape index (κ1) is 29.9. The van der Waals surface area contributed by atoms with Gasteiger partial charge in [0.1, 0.15) is 0 Å². The van der Waals surface area contributed by atoms with Crippen molar-refractivity contribution < 1.29 is 0 Å². The molecule has 0 unspecified atom stereocenters. The number of aryl methyl sites for hydroxylation is 4. The van der Waals surface area contributed by atoms with Gasteiger partial charge in [0.2, 0.25) is 0 Å². The van der Waals surface area contributed by atoms with E-state index in [1.165, 1.54) is 32.0 Å². The van der Waals surface area contributed by atoms with Crippen LogP contribution in [0.2, 0.25) is 0 Å². The highest BCUT2D eigenvalue weighted by Crippen LogP contribution is 2.33. The molecule has 6 aromatic carbocycles. The second-order valence-electron chi connectivity index (χ2n) is 11.3. The third-order valence-electron chi connectivity index (χ3n) is 7.80. The molecule has 0 radical (unpaired) electrons. The second kappa shape index (κ2) is 13.7. The summed E-state index contributed by atoms with van der Waals surface area (Å²) in [5, 5.41) is 14.2. The van der Waals surface area contributed by atoms with Gasteiger partial charge >= 0.3 is 0 Å². The summed E-state index contributed by atoms with van der Waals surface area (Å²) >= 11 is 1.76. The minimum absolute atomic E-state index is 1.07. The normalized spacial score (nSPS) is 10.8. The van der Waals surface area contributed by atoms with Crippen molar-refractivity contribution >= 4 is 57.3 Å². The molecule has 0 heterocycles. The van der Waals surface area contributed by atoms with Gasteiger partial charge in [-0.15, -0.1) is 0 Å². The number of anilines is 8. The quantitative estimate of drug-likeness (QED) is 0.125. The standard InChI is InChI=1S/C40H38N4S/c1-27-9-5-7-11-37(27)43-33-17-23-39(29(3)25-33)41-31-13-19-35(20-14-31)45-36-21-15-32(16-22-36)42-40-24-18-34(26-30(40)4)44-38-12-8-6-10-28(38)2/h5-26,41-44H,1-4H3. The summed E-state index contributed by atoms with van der Waals surface area (Å²) in [6, 6.07) is 46.7. The minimum Gasteiger partial charge on any atom is -0.355 e. The van der Waals surface area contributed by atoms with Gasteiger partial charge in [-0.3, -0.25) is 0 Å². The van der Waals surface area contributed by atoms with Crippen LogP contribution in [0.1, 0.15) is 22.3 Å². The number of nitrogens with one attached hydrogen (secondary N) is 4. The lowest BCUT2D eigenvalue weighted by Gasteiger charge is -2.14. The van der Waals surface area contributed by atoms with E-state index in [-0.39, 0.29) is 0 Å². The van der Waals surface area contributed by atoms with E-state index in [4.69, 9.17) is 0 Å². The van der Waals surface area contributed by atoms with Crippen LogP contribution in [0.4, 0.5) is 45.5 Å². The van der Waals surface area contributed by atoms with Crippen molar-refractivity contribution in [1.82, 2.24) is 0 Å². The molecule has 0 bridgehead atoms. The molecule has 0 atom stereocenters. The molecule has 224 valence electrons. The van der Waals surface area contributed by atoms with Crippen molar-refractivity contribution in [3.8, 4) is 0 Å². The Kier molecular flexibility index (Phi) is 9.09. The maximum absolute atomic E-state index is 3.57. The lowest BCUT2D eigenvalue weighted by Crippen LogP contribution is -1.97. The van der Waals surface area contributed by atoms with Gasteiger partial charge in [-0.1, -0.05) is 48.2 Å². The molecule has 0 aliphatic heterocycles. The Morgan fingerprint density at radius 2 is 0.667 bits per heavy atom. The molecule has 4 N–H and O–H groups in total. The van der Waals surface area contributed by atoms with Crippen molar-refractivity contribution in [3.63, 3.8) is 0 Å². The Labute approximate surface area is 270 Å². The zero-order valence-corrected chi connectivity index (χ0v) is 26.9. The smallest absolute Gasteiger partial charge is 0.0415 e. The Morgan fingerprint density at radius 1 is 0.333 bits per heavy atom. The molecular weight excluding hydrogens is 569 g/mol. The first-order chi connectivity index (χ1) is 21.9. The average molecular weight is 607 g/mol. The van der Waals surface area contributed by atoms with Crippen molar-refractivity contribution in [2.45, 2.75) is 37.5 Å². The number of rotatable bonds is 10. The molecule has 0 spiro atoms. The van der Waals surface area contributed by atoms with Gasteiger partial charge in [0.15, 0.2) is 0 Å². The zero-order valence-electron chi connectivity index (χ0n) is 26.1. The van der Waals surface area contributed by atoms with Crippen molar-refractivity contribution in [1.29, 1.82) is 0 Å². The summed E-state index contributed by atoms with van der Waals surface area (Å²) in [6.45, 7) is 8.50. The van der Waals surface area contributed by atoms with Crippen LogP contribution >= 0.6 is 11.8 Å². The van der Waals surface area contributed by atoms with Crippen molar-refractivity contribution in [2.75, 3.05) is 21.3 Å². The molecule has 5 heteroatoms. The molecule has 0 aliphatic rings. The van der Waals surface area contributed by atoms with Gasteiger partial charge in [0.05, 0.1) is 0 Å². The van der Waals surface area contributed by atoms with E-state index in [2.05, 4.69) is 182 Å². The molecule has 6 rings (SSSR count). The maximum atomic E-state index is 3.57. The molecule has 4 nitrogen and oxygen atoms in total. The summed E-state index contributed by atoms with van der Waals surface area (Å²) < 4.78 is 0. The Hall–Kier alpha value is -5.13. The van der Waals surface area contributed by atoms with Crippen molar-refractivity contribution in [2.24, 2.45) is 0 Å². The van der Waals surface area contributed by atoms with Crippen LogP contribution < -0.4 is 21.3 Å². The van der Waals surface area contributed by atoms with E-state index < -0.39 is 0 Å². The van der Waals surface area contributed by atoms with Gasteiger partial charge in [-0.05, 0) is 147 Å². The van der Waals surface area contributed by atoms with Crippen LogP contribution in [-0.2, 0) is 0 Å². The molecule has 0 aliphatic carbocycles. The van der Waals surface area contributed by atoms with Gasteiger partial charge < -0.3 is 21.3 Å². The zero-order chi connectivity index (χ0) is 31.2. The third-order valence-corrected chi connectivity index (χ3v) is 8.82. The Morgan fingerprint density at radius 3 is 1.04 bits per heavy atom. The number of para-hydroxylation sites is 2. The van der Waals surface area contributed by atoms with E-state index >= 15 is 0 Å². The predicted molar refractivity (Wildman–Crippen MR) is 195 cm³/mol. The number of hydrogen-bond donors (Lipinski definition) is 4. The highest BCUT2D eigenvalue weighted by molar-refractivity contribution is 7.99. The minimum atomic E-state index is 1.07. The van der Waals surface area contributed by atoms with E-state index in [1.54, 1.807) is 11.8 Å². The molecule has 0 amide bonds. The van der Waals surface area contributed by atoms with Crippen LogP contribution in [0.15, 0.2) is 143 Å². The largest absolute Gasteiger partial charge is 0.355 e. The van der Waals surface area contributed by atoms with E-state index in [0.717, 1.165) is 45.5 Å². The SMILES string of the molecule is Cc1ccccc1Nc1ccc(Nc2ccc(Sc3ccc(Nc4ccc(Nc5ccccc5C)cc4C)cc3)cc2)c(C)c1. The predicted octanol–water partition coefficient (Wildman–Crippen LogP) is 12.0. The summed E-state index contributed by atoms with van der Waals surface area (Å²) in [5.74, 6) is 0. The molecule has 0 saturated carbocycles. The fourth-order valence-corrected chi connectivity index (χ4v) is 5.98. The summed E-state index contributed by atoms with van der Waals surface area (Å²) in [5.41, 5.74) is 13.6. The number of hydrogen-bond acceptors (Lipinski definition) is 5. The monoisotopic (exact) mass is 606 g/mol. The van der Waals surface area contributed by atoms with Crippen LogP contribution in [0, 0.1) is 27.7 Å². The van der Waals surface area contributed by atoms with E-state index in [9.17, 15) is 0 Å². The van der Waals surface area contributed by atoms with Crippen LogP contribution in [0.5, 0.6) is 0 Å². The van der Waals surface area contributed by atoms with Gasteiger partial charge in [0.25, 0.3) is 0 Å². The Balaban J connectivity index is 1.03. The van der Waals surface area contributed by atoms with Crippen molar-refractivity contribution in [3.05, 3.63) is 156 Å². The maximum Gasteiger partial charge on any atom is 0.0415 e. The molecule has 0 aromatic heterocycles.